The van der Waals surface area contributed by atoms with Gasteiger partial charge in [-0.2, -0.15) is 0 Å². The van der Waals surface area contributed by atoms with Gasteiger partial charge in [-0.15, -0.1) is 0 Å². The van der Waals surface area contributed by atoms with Gasteiger partial charge in [0.15, 0.2) is 0 Å². The molecular formula is C10H11ClF. The van der Waals surface area contributed by atoms with E-state index in [1.807, 2.05) is 25.1 Å². The maximum Gasteiger partial charge on any atom is 0.0963 e. The Hall–Kier alpha value is -0.560. The van der Waals surface area contributed by atoms with Crippen LogP contribution in [0.25, 0.3) is 0 Å². The molecule has 0 nitrogen and oxygen atoms in total. The summed E-state index contributed by atoms with van der Waals surface area (Å²) in [6.07, 6.45) is 0. The molecule has 0 aromatic heterocycles. The van der Waals surface area contributed by atoms with Crippen LogP contribution < -0.4 is 0 Å². The molecule has 1 radical (unpaired) electrons. The highest BCUT2D eigenvalue weighted by molar-refractivity contribution is 6.32. The topological polar surface area (TPSA) is 0 Å². The zero-order valence-corrected chi connectivity index (χ0v) is 7.74. The number of halogens is 2. The van der Waals surface area contributed by atoms with Crippen LogP contribution in [-0.4, -0.2) is 6.67 Å². The molecule has 0 N–H and O–H groups in total. The number of rotatable bonds is 2. The van der Waals surface area contributed by atoms with Gasteiger partial charge in [0.2, 0.25) is 0 Å². The molecule has 0 spiro atoms. The van der Waals surface area contributed by atoms with E-state index >= 15 is 0 Å². The van der Waals surface area contributed by atoms with Crippen LogP contribution in [0.5, 0.6) is 0 Å². The van der Waals surface area contributed by atoms with Gasteiger partial charge in [0.25, 0.3) is 0 Å². The molecule has 1 atom stereocenters. The van der Waals surface area contributed by atoms with E-state index in [2.05, 4.69) is 6.92 Å². The Balaban J connectivity index is 3.07. The SMILES string of the molecule is [CH2]C(CF)c1cccc(C)c1Cl. The summed E-state index contributed by atoms with van der Waals surface area (Å²) in [5.74, 6) is -0.350. The molecular weight excluding hydrogens is 175 g/mol. The van der Waals surface area contributed by atoms with E-state index < -0.39 is 6.67 Å². The van der Waals surface area contributed by atoms with Crippen LogP contribution >= 0.6 is 11.6 Å². The average Bonchev–Trinajstić information content (AvgIpc) is 2.08. The van der Waals surface area contributed by atoms with Gasteiger partial charge >= 0.3 is 0 Å². The van der Waals surface area contributed by atoms with E-state index in [9.17, 15) is 4.39 Å². The summed E-state index contributed by atoms with van der Waals surface area (Å²) in [5, 5.41) is 0.634. The molecule has 1 aromatic carbocycles. The summed E-state index contributed by atoms with van der Waals surface area (Å²) >= 11 is 5.96. The van der Waals surface area contributed by atoms with Crippen molar-refractivity contribution in [1.82, 2.24) is 0 Å². The summed E-state index contributed by atoms with van der Waals surface area (Å²) in [6, 6.07) is 5.58. The molecule has 0 aliphatic heterocycles. The number of aryl methyl sites for hydroxylation is 1. The minimum atomic E-state index is -0.469. The molecule has 0 fully saturated rings. The summed E-state index contributed by atoms with van der Waals surface area (Å²) in [4.78, 5) is 0. The maximum atomic E-state index is 12.3. The Morgan fingerprint density at radius 3 is 2.83 bits per heavy atom. The molecule has 0 saturated heterocycles. The second kappa shape index (κ2) is 3.90. The zero-order chi connectivity index (χ0) is 9.14. The zero-order valence-electron chi connectivity index (χ0n) is 6.98. The second-order valence-corrected chi connectivity index (χ2v) is 3.21. The molecule has 0 saturated carbocycles. The van der Waals surface area contributed by atoms with Crippen LogP contribution in [-0.2, 0) is 0 Å². The van der Waals surface area contributed by atoms with Gasteiger partial charge in [-0.3, -0.25) is 4.39 Å². The van der Waals surface area contributed by atoms with Crippen molar-refractivity contribution in [3.63, 3.8) is 0 Å². The number of alkyl halides is 1. The van der Waals surface area contributed by atoms with Crippen LogP contribution in [0, 0.1) is 13.8 Å². The Morgan fingerprint density at radius 2 is 2.25 bits per heavy atom. The Labute approximate surface area is 77.4 Å². The Kier molecular flexibility index (Phi) is 3.10. The Morgan fingerprint density at radius 1 is 1.58 bits per heavy atom. The van der Waals surface area contributed by atoms with Crippen molar-refractivity contribution in [1.29, 1.82) is 0 Å². The van der Waals surface area contributed by atoms with E-state index in [4.69, 9.17) is 11.6 Å². The molecule has 2 heteroatoms. The predicted octanol–water partition coefficient (Wildman–Crippen LogP) is 3.54. The smallest absolute Gasteiger partial charge is 0.0963 e. The third kappa shape index (κ3) is 1.78. The van der Waals surface area contributed by atoms with Crippen LogP contribution in [0.3, 0.4) is 0 Å². The van der Waals surface area contributed by atoms with Crippen LogP contribution in [0.15, 0.2) is 18.2 Å². The first-order chi connectivity index (χ1) is 5.66. The van der Waals surface area contributed by atoms with Gasteiger partial charge < -0.3 is 0 Å². The molecule has 65 valence electrons. The normalized spacial score (nSPS) is 13.0. The fourth-order valence-corrected chi connectivity index (χ4v) is 1.35. The number of hydrogen-bond acceptors (Lipinski definition) is 0. The van der Waals surface area contributed by atoms with Gasteiger partial charge in [0.05, 0.1) is 6.67 Å². The number of hydrogen-bond donors (Lipinski definition) is 0. The second-order valence-electron chi connectivity index (χ2n) is 2.83. The van der Waals surface area contributed by atoms with Crippen molar-refractivity contribution in [2.75, 3.05) is 6.67 Å². The quantitative estimate of drug-likeness (QED) is 0.661. The first kappa shape index (κ1) is 9.53. The lowest BCUT2D eigenvalue weighted by atomic mass is 10.0. The van der Waals surface area contributed by atoms with E-state index in [1.165, 1.54) is 0 Å². The van der Waals surface area contributed by atoms with Gasteiger partial charge in [-0.1, -0.05) is 29.8 Å². The van der Waals surface area contributed by atoms with Gasteiger partial charge in [-0.25, -0.2) is 0 Å². The van der Waals surface area contributed by atoms with Gasteiger partial charge in [0.1, 0.15) is 0 Å². The maximum absolute atomic E-state index is 12.3. The first-order valence-electron chi connectivity index (χ1n) is 3.81. The first-order valence-corrected chi connectivity index (χ1v) is 4.18. The van der Waals surface area contributed by atoms with E-state index in [0.29, 0.717) is 5.02 Å². The molecule has 0 aliphatic carbocycles. The molecule has 0 amide bonds. The molecule has 1 unspecified atom stereocenters. The van der Waals surface area contributed by atoms with Crippen LogP contribution in [0.4, 0.5) is 4.39 Å². The predicted molar refractivity (Wildman–Crippen MR) is 50.3 cm³/mol. The third-order valence-electron chi connectivity index (χ3n) is 1.85. The summed E-state index contributed by atoms with van der Waals surface area (Å²) in [7, 11) is 0. The molecule has 1 aromatic rings. The minimum absolute atomic E-state index is 0.350. The molecule has 0 bridgehead atoms. The third-order valence-corrected chi connectivity index (χ3v) is 2.36. The van der Waals surface area contributed by atoms with Gasteiger partial charge in [-0.05, 0) is 25.0 Å². The van der Waals surface area contributed by atoms with Crippen molar-refractivity contribution in [2.24, 2.45) is 0 Å². The molecule has 0 heterocycles. The molecule has 0 aliphatic rings. The largest absolute Gasteiger partial charge is 0.250 e. The summed E-state index contributed by atoms with van der Waals surface area (Å²) < 4.78 is 12.3. The molecule has 12 heavy (non-hydrogen) atoms. The fraction of sp³-hybridized carbons (Fsp3) is 0.300. The van der Waals surface area contributed by atoms with E-state index in [-0.39, 0.29) is 5.92 Å². The van der Waals surface area contributed by atoms with Crippen LogP contribution in [0.2, 0.25) is 5.02 Å². The fourth-order valence-electron chi connectivity index (χ4n) is 1.07. The van der Waals surface area contributed by atoms with Crippen molar-refractivity contribution in [3.05, 3.63) is 41.3 Å². The van der Waals surface area contributed by atoms with Crippen molar-refractivity contribution >= 4 is 11.6 Å². The lowest BCUT2D eigenvalue weighted by Gasteiger charge is -2.10. The highest BCUT2D eigenvalue weighted by Crippen LogP contribution is 2.26. The van der Waals surface area contributed by atoms with Crippen LogP contribution in [0.1, 0.15) is 17.0 Å². The van der Waals surface area contributed by atoms with Gasteiger partial charge in [0, 0.05) is 10.9 Å². The highest BCUT2D eigenvalue weighted by Gasteiger charge is 2.09. The number of benzene rings is 1. The summed E-state index contributed by atoms with van der Waals surface area (Å²) in [6.45, 7) is 5.10. The Bertz CT molecular complexity index is 271. The van der Waals surface area contributed by atoms with Crippen molar-refractivity contribution < 1.29 is 4.39 Å². The highest BCUT2D eigenvalue weighted by atomic mass is 35.5. The van der Waals surface area contributed by atoms with Crippen molar-refractivity contribution in [2.45, 2.75) is 12.8 Å². The molecule has 1 rings (SSSR count). The lowest BCUT2D eigenvalue weighted by molar-refractivity contribution is 0.465. The monoisotopic (exact) mass is 185 g/mol. The van der Waals surface area contributed by atoms with Crippen molar-refractivity contribution in [3.8, 4) is 0 Å². The summed E-state index contributed by atoms with van der Waals surface area (Å²) in [5.41, 5.74) is 1.76. The minimum Gasteiger partial charge on any atom is -0.250 e. The van der Waals surface area contributed by atoms with E-state index in [0.717, 1.165) is 11.1 Å². The standard InChI is InChI=1S/C10H11ClF/c1-7-4-3-5-9(10(7)11)8(2)6-12/h3-5,8H,2,6H2,1H3. The van der Waals surface area contributed by atoms with E-state index in [1.54, 1.807) is 0 Å². The lowest BCUT2D eigenvalue weighted by Crippen LogP contribution is -1.97. The average molecular weight is 186 g/mol.